The minimum atomic E-state index is -0.0963. The topological polar surface area (TPSA) is 32.3 Å². The summed E-state index contributed by atoms with van der Waals surface area (Å²) in [4.78, 5) is 13.5. The van der Waals surface area contributed by atoms with Crippen LogP contribution in [0.25, 0.3) is 0 Å². The average Bonchev–Trinajstić information content (AvgIpc) is 2.15. The maximum Gasteiger partial charge on any atom is 0.224 e. The van der Waals surface area contributed by atoms with E-state index in [4.69, 9.17) is 11.6 Å². The molecule has 0 aromatic heterocycles. The predicted octanol–water partition coefficient (Wildman–Crippen LogP) is 1.32. The number of rotatable bonds is 6. The van der Waals surface area contributed by atoms with Gasteiger partial charge in [0.2, 0.25) is 5.91 Å². The van der Waals surface area contributed by atoms with Crippen molar-refractivity contribution in [2.24, 2.45) is 5.92 Å². The Labute approximate surface area is 91.8 Å². The number of hydrogen-bond acceptors (Lipinski definition) is 2. The number of nitrogens with zero attached hydrogens (tertiary/aromatic N) is 1. The summed E-state index contributed by atoms with van der Waals surface area (Å²) >= 11 is 5.57. The molecule has 0 rings (SSSR count). The van der Waals surface area contributed by atoms with E-state index in [2.05, 4.69) is 24.1 Å². The fourth-order valence-corrected chi connectivity index (χ4v) is 0.998. The zero-order valence-electron chi connectivity index (χ0n) is 9.51. The first-order valence-corrected chi connectivity index (χ1v) is 5.56. The Morgan fingerprint density at radius 3 is 2.43 bits per heavy atom. The van der Waals surface area contributed by atoms with Crippen LogP contribution in [0.1, 0.15) is 20.8 Å². The largest absolute Gasteiger partial charge is 0.355 e. The van der Waals surface area contributed by atoms with Gasteiger partial charge in [-0.05, 0) is 20.9 Å². The van der Waals surface area contributed by atoms with Crippen molar-refractivity contribution in [3.05, 3.63) is 0 Å². The van der Waals surface area contributed by atoms with Crippen molar-refractivity contribution in [2.75, 3.05) is 26.0 Å². The fourth-order valence-electron chi connectivity index (χ4n) is 0.858. The first-order chi connectivity index (χ1) is 6.49. The molecule has 0 aromatic carbocycles. The lowest BCUT2D eigenvalue weighted by Crippen LogP contribution is -2.38. The highest BCUT2D eigenvalue weighted by Gasteiger charge is 2.10. The molecule has 0 fully saturated rings. The third kappa shape index (κ3) is 5.45. The van der Waals surface area contributed by atoms with Gasteiger partial charge in [-0.2, -0.15) is 0 Å². The number of hydrogen-bond donors (Lipinski definition) is 1. The highest BCUT2D eigenvalue weighted by Crippen LogP contribution is 1.97. The number of nitrogens with one attached hydrogen (secondary N) is 1. The Hall–Kier alpha value is -0.280. The van der Waals surface area contributed by atoms with E-state index in [1.807, 2.05) is 14.0 Å². The van der Waals surface area contributed by atoms with Gasteiger partial charge in [0.25, 0.3) is 0 Å². The zero-order chi connectivity index (χ0) is 11.1. The number of carbonyl (C=O) groups is 1. The van der Waals surface area contributed by atoms with Crippen LogP contribution in [-0.4, -0.2) is 42.9 Å². The van der Waals surface area contributed by atoms with Crippen molar-refractivity contribution >= 4 is 17.5 Å². The second-order valence-electron chi connectivity index (χ2n) is 3.92. The van der Waals surface area contributed by atoms with Gasteiger partial charge in [-0.1, -0.05) is 6.92 Å². The van der Waals surface area contributed by atoms with E-state index in [0.717, 1.165) is 6.54 Å². The molecule has 1 unspecified atom stereocenters. The van der Waals surface area contributed by atoms with Gasteiger partial charge in [0, 0.05) is 30.9 Å². The van der Waals surface area contributed by atoms with Crippen LogP contribution in [0, 0.1) is 5.92 Å². The van der Waals surface area contributed by atoms with Crippen LogP contribution in [0.4, 0.5) is 0 Å². The van der Waals surface area contributed by atoms with Crippen molar-refractivity contribution in [2.45, 2.75) is 26.8 Å². The van der Waals surface area contributed by atoms with Gasteiger partial charge in [-0.25, -0.2) is 0 Å². The van der Waals surface area contributed by atoms with E-state index < -0.39 is 0 Å². The summed E-state index contributed by atoms with van der Waals surface area (Å²) in [5.74, 6) is 0.324. The summed E-state index contributed by atoms with van der Waals surface area (Å²) in [6, 6.07) is 0.511. The Morgan fingerprint density at radius 2 is 2.00 bits per heavy atom. The minimum absolute atomic E-state index is 0.0390. The molecule has 1 N–H and O–H groups in total. The lowest BCUT2D eigenvalue weighted by molar-refractivity contribution is -0.123. The van der Waals surface area contributed by atoms with Crippen LogP contribution in [0.3, 0.4) is 0 Å². The summed E-state index contributed by atoms with van der Waals surface area (Å²) < 4.78 is 0. The molecular formula is C10H21ClN2O. The summed E-state index contributed by atoms with van der Waals surface area (Å²) in [5.41, 5.74) is 0. The number of alkyl halides is 1. The molecule has 4 heteroatoms. The van der Waals surface area contributed by atoms with E-state index in [1.54, 1.807) is 0 Å². The van der Waals surface area contributed by atoms with Crippen molar-refractivity contribution in [3.63, 3.8) is 0 Å². The number of amides is 1. The fraction of sp³-hybridized carbons (Fsp3) is 0.900. The normalized spacial score (nSPS) is 13.4. The van der Waals surface area contributed by atoms with Crippen LogP contribution >= 0.6 is 11.6 Å². The second kappa shape index (κ2) is 7.07. The molecule has 84 valence electrons. The van der Waals surface area contributed by atoms with Crippen LogP contribution in [-0.2, 0) is 4.79 Å². The number of likely N-dealkylation sites (N-methyl/N-ethyl adjacent to an activating group) is 1. The molecule has 0 spiro atoms. The van der Waals surface area contributed by atoms with E-state index >= 15 is 0 Å². The molecule has 0 bridgehead atoms. The maximum atomic E-state index is 11.3. The van der Waals surface area contributed by atoms with Crippen molar-refractivity contribution in [1.82, 2.24) is 10.2 Å². The molecule has 0 aromatic rings. The highest BCUT2D eigenvalue weighted by atomic mass is 35.5. The van der Waals surface area contributed by atoms with E-state index in [1.165, 1.54) is 0 Å². The maximum absolute atomic E-state index is 11.3. The molecule has 0 aliphatic rings. The summed E-state index contributed by atoms with van der Waals surface area (Å²) in [6.45, 7) is 7.65. The Morgan fingerprint density at radius 1 is 1.43 bits per heavy atom. The second-order valence-corrected chi connectivity index (χ2v) is 4.23. The van der Waals surface area contributed by atoms with Gasteiger partial charge in [-0.3, -0.25) is 4.79 Å². The lowest BCUT2D eigenvalue weighted by Gasteiger charge is -2.21. The van der Waals surface area contributed by atoms with Crippen LogP contribution < -0.4 is 5.32 Å². The summed E-state index contributed by atoms with van der Waals surface area (Å²) in [5, 5.41) is 2.85. The molecule has 0 heterocycles. The van der Waals surface area contributed by atoms with Crippen LogP contribution in [0.5, 0.6) is 0 Å². The molecule has 1 amide bonds. The smallest absolute Gasteiger partial charge is 0.224 e. The highest BCUT2D eigenvalue weighted by molar-refractivity contribution is 6.19. The zero-order valence-corrected chi connectivity index (χ0v) is 10.3. The lowest BCUT2D eigenvalue weighted by atomic mass is 10.2. The SMILES string of the molecule is CC(CCl)C(=O)NCCN(C)C(C)C. The third-order valence-electron chi connectivity index (χ3n) is 2.32. The Kier molecular flexibility index (Phi) is 6.93. The van der Waals surface area contributed by atoms with Crippen LogP contribution in [0.15, 0.2) is 0 Å². The summed E-state index contributed by atoms with van der Waals surface area (Å²) in [6.07, 6.45) is 0. The number of carbonyl (C=O) groups excluding carboxylic acids is 1. The van der Waals surface area contributed by atoms with Crippen LogP contribution in [0.2, 0.25) is 0 Å². The van der Waals surface area contributed by atoms with Gasteiger partial charge >= 0.3 is 0 Å². The summed E-state index contributed by atoms with van der Waals surface area (Å²) in [7, 11) is 2.04. The monoisotopic (exact) mass is 220 g/mol. The van der Waals surface area contributed by atoms with Gasteiger partial charge < -0.3 is 10.2 Å². The minimum Gasteiger partial charge on any atom is -0.355 e. The van der Waals surface area contributed by atoms with Crippen molar-refractivity contribution < 1.29 is 4.79 Å². The average molecular weight is 221 g/mol. The Balaban J connectivity index is 3.59. The first kappa shape index (κ1) is 13.7. The molecule has 1 atom stereocenters. The van der Waals surface area contributed by atoms with Crippen molar-refractivity contribution in [3.8, 4) is 0 Å². The van der Waals surface area contributed by atoms with Gasteiger partial charge in [-0.15, -0.1) is 11.6 Å². The molecule has 0 saturated heterocycles. The molecular weight excluding hydrogens is 200 g/mol. The Bertz CT molecular complexity index is 174. The van der Waals surface area contributed by atoms with E-state index in [0.29, 0.717) is 18.5 Å². The third-order valence-corrected chi connectivity index (χ3v) is 2.79. The standard InChI is InChI=1S/C10H21ClN2O/c1-8(2)13(4)6-5-12-10(14)9(3)7-11/h8-9H,5-7H2,1-4H3,(H,12,14). The molecule has 0 saturated carbocycles. The first-order valence-electron chi connectivity index (χ1n) is 5.03. The van der Waals surface area contributed by atoms with Gasteiger partial charge in [0.15, 0.2) is 0 Å². The predicted molar refractivity (Wildman–Crippen MR) is 60.7 cm³/mol. The van der Waals surface area contributed by atoms with E-state index in [-0.39, 0.29) is 11.8 Å². The quantitative estimate of drug-likeness (QED) is 0.685. The molecule has 0 aliphatic carbocycles. The van der Waals surface area contributed by atoms with Gasteiger partial charge in [0.05, 0.1) is 0 Å². The molecule has 0 aliphatic heterocycles. The van der Waals surface area contributed by atoms with Gasteiger partial charge in [0.1, 0.15) is 0 Å². The number of halogens is 1. The molecule has 14 heavy (non-hydrogen) atoms. The van der Waals surface area contributed by atoms with E-state index in [9.17, 15) is 4.79 Å². The molecule has 3 nitrogen and oxygen atoms in total. The molecule has 0 radical (unpaired) electrons. The van der Waals surface area contributed by atoms with Crippen molar-refractivity contribution in [1.29, 1.82) is 0 Å².